The van der Waals surface area contributed by atoms with Gasteiger partial charge in [0.1, 0.15) is 11.6 Å². The summed E-state index contributed by atoms with van der Waals surface area (Å²) >= 11 is 0. The molecule has 0 aromatic heterocycles. The summed E-state index contributed by atoms with van der Waals surface area (Å²) in [7, 11) is 0. The standard InChI is InChI=1S/C13H16F3NO.C12H14F3NO.C12H17NO.C11H13F2NO.C9H18O2/c1-4-12(2,3)11(18)17-10-7-5-6-9(8-10)13(14,15)16;1-3-8(2)11(17)16-10-6-4-5-9(7-10)12(13,14)15;1-4-9(2)12(14)13-11-8-6-5-7-10(11)3;1-3-7(2)11(15)14-10-5-4-8(12)6-9(10)13;1-4-6-7-11-9(10)8(3)5-2/h5-8H,4H2,1-3H3,(H,17,18);4-8H,3H2,1-2H3,(H,16,17);5-9H,4H2,1-3H3,(H,13,14);4-7H,3H2,1-2H3,(H,14,15);8H,4-7H2,1-3H3. The molecular weight excluding hydrogens is 989 g/mol. The number of carbonyl (C=O) groups is 5. The zero-order valence-electron chi connectivity index (χ0n) is 45.6. The Hall–Kier alpha value is -6.33. The number of aryl methyl sites for hydroxylation is 1. The van der Waals surface area contributed by atoms with Crippen LogP contribution in [0, 0.1) is 47.6 Å². The van der Waals surface area contributed by atoms with E-state index in [9.17, 15) is 59.1 Å². The van der Waals surface area contributed by atoms with Crippen molar-refractivity contribution in [2.24, 2.45) is 29.1 Å². The van der Waals surface area contributed by atoms with Crippen molar-refractivity contribution in [2.75, 3.05) is 27.9 Å². The Morgan fingerprint density at radius 1 is 0.533 bits per heavy atom. The van der Waals surface area contributed by atoms with Crippen molar-refractivity contribution in [3.8, 4) is 0 Å². The highest BCUT2D eigenvalue weighted by Crippen LogP contribution is 2.32. The molecule has 4 aromatic rings. The van der Waals surface area contributed by atoms with Gasteiger partial charge in [-0.3, -0.25) is 24.0 Å². The summed E-state index contributed by atoms with van der Waals surface area (Å²) in [5.41, 5.74) is 0.230. The summed E-state index contributed by atoms with van der Waals surface area (Å²) in [5.74, 6) is -2.46. The number of alkyl halides is 6. The number of hydrogen-bond acceptors (Lipinski definition) is 6. The van der Waals surface area contributed by atoms with Crippen LogP contribution in [0.5, 0.6) is 0 Å². The Morgan fingerprint density at radius 2 is 0.973 bits per heavy atom. The molecule has 0 radical (unpaired) electrons. The molecule has 0 aliphatic heterocycles. The van der Waals surface area contributed by atoms with Gasteiger partial charge >= 0.3 is 18.3 Å². The van der Waals surface area contributed by atoms with Gasteiger partial charge in [-0.1, -0.05) is 120 Å². The van der Waals surface area contributed by atoms with Crippen molar-refractivity contribution in [1.82, 2.24) is 0 Å². The number of halogens is 8. The van der Waals surface area contributed by atoms with Crippen LogP contribution in [-0.4, -0.2) is 36.2 Å². The first-order valence-corrected chi connectivity index (χ1v) is 25.2. The van der Waals surface area contributed by atoms with Crippen LogP contribution in [0.1, 0.15) is 145 Å². The average Bonchev–Trinajstić information content (AvgIpc) is 3.37. The second-order valence-corrected chi connectivity index (χ2v) is 18.5. The number of unbranched alkanes of at least 4 members (excludes halogenated alkanes) is 1. The van der Waals surface area contributed by atoms with Crippen LogP contribution in [-0.2, 0) is 41.1 Å². The lowest BCUT2D eigenvalue weighted by Gasteiger charge is -2.21. The molecule has 18 heteroatoms. The molecule has 0 fully saturated rings. The molecule has 0 aliphatic rings. The molecule has 10 nitrogen and oxygen atoms in total. The van der Waals surface area contributed by atoms with Crippen molar-refractivity contribution in [2.45, 2.75) is 147 Å². The molecule has 4 N–H and O–H groups in total. The lowest BCUT2D eigenvalue weighted by Crippen LogP contribution is -2.30. The molecule has 0 heterocycles. The molecule has 4 rings (SSSR count). The van der Waals surface area contributed by atoms with Crippen LogP contribution in [0.3, 0.4) is 0 Å². The van der Waals surface area contributed by atoms with E-state index < -0.39 is 40.5 Å². The Morgan fingerprint density at radius 3 is 1.39 bits per heavy atom. The van der Waals surface area contributed by atoms with E-state index in [1.807, 2.05) is 79.7 Å². The normalized spacial score (nSPS) is 12.5. The molecule has 0 saturated heterocycles. The van der Waals surface area contributed by atoms with E-state index in [1.165, 1.54) is 30.3 Å². The number of anilines is 4. The minimum Gasteiger partial charge on any atom is -0.465 e. The van der Waals surface area contributed by atoms with Crippen LogP contribution in [0.2, 0.25) is 0 Å². The number of hydrogen-bond donors (Lipinski definition) is 4. The molecular formula is C57H78F8N4O6. The fourth-order valence-electron chi connectivity index (χ4n) is 5.27. The van der Waals surface area contributed by atoms with Crippen LogP contribution < -0.4 is 21.3 Å². The molecule has 4 aromatic carbocycles. The second kappa shape index (κ2) is 34.3. The molecule has 0 saturated carbocycles. The molecule has 4 amide bonds. The van der Waals surface area contributed by atoms with Gasteiger partial charge in [0.05, 0.1) is 29.3 Å². The summed E-state index contributed by atoms with van der Waals surface area (Å²) < 4.78 is 105. The molecule has 0 spiro atoms. The van der Waals surface area contributed by atoms with E-state index in [2.05, 4.69) is 28.2 Å². The maximum Gasteiger partial charge on any atom is 0.416 e. The minimum absolute atomic E-state index is 0.0155. The Labute approximate surface area is 438 Å². The topological polar surface area (TPSA) is 143 Å². The first kappa shape index (κ1) is 68.7. The van der Waals surface area contributed by atoms with Crippen LogP contribution in [0.15, 0.2) is 91.0 Å². The molecule has 0 bridgehead atoms. The molecule has 418 valence electrons. The van der Waals surface area contributed by atoms with Gasteiger partial charge in [-0.25, -0.2) is 8.78 Å². The Bertz CT molecular complexity index is 2370. The van der Waals surface area contributed by atoms with Gasteiger partial charge in [-0.15, -0.1) is 0 Å². The number of ether oxygens (including phenoxy) is 1. The summed E-state index contributed by atoms with van der Waals surface area (Å²) in [6, 6.07) is 20.1. The number of para-hydroxylation sites is 1. The third-order valence-corrected chi connectivity index (χ3v) is 11.9. The van der Waals surface area contributed by atoms with Gasteiger partial charge in [-0.2, -0.15) is 26.3 Å². The van der Waals surface area contributed by atoms with Crippen LogP contribution >= 0.6 is 0 Å². The third kappa shape index (κ3) is 27.2. The van der Waals surface area contributed by atoms with Gasteiger partial charge in [0.2, 0.25) is 23.6 Å². The van der Waals surface area contributed by atoms with E-state index >= 15 is 0 Å². The third-order valence-electron chi connectivity index (χ3n) is 11.9. The first-order valence-electron chi connectivity index (χ1n) is 25.2. The van der Waals surface area contributed by atoms with Crippen molar-refractivity contribution in [1.29, 1.82) is 0 Å². The zero-order valence-corrected chi connectivity index (χ0v) is 45.6. The van der Waals surface area contributed by atoms with Crippen LogP contribution in [0.25, 0.3) is 0 Å². The molecule has 4 atom stereocenters. The first-order chi connectivity index (χ1) is 34.9. The number of esters is 1. The van der Waals surface area contributed by atoms with Crippen molar-refractivity contribution < 1.29 is 63.8 Å². The van der Waals surface area contributed by atoms with E-state index in [0.717, 1.165) is 73.3 Å². The maximum absolute atomic E-state index is 13.1. The number of rotatable bonds is 17. The van der Waals surface area contributed by atoms with Gasteiger partial charge in [0, 0.05) is 46.3 Å². The van der Waals surface area contributed by atoms with E-state index in [4.69, 9.17) is 4.74 Å². The largest absolute Gasteiger partial charge is 0.465 e. The molecule has 4 unspecified atom stereocenters. The predicted octanol–water partition coefficient (Wildman–Crippen LogP) is 16.1. The van der Waals surface area contributed by atoms with E-state index in [-0.39, 0.29) is 70.3 Å². The number of benzene rings is 4. The lowest BCUT2D eigenvalue weighted by molar-refractivity contribution is -0.148. The van der Waals surface area contributed by atoms with Gasteiger partial charge in [-0.05, 0) is 106 Å². The predicted molar refractivity (Wildman–Crippen MR) is 283 cm³/mol. The quantitative estimate of drug-likeness (QED) is 0.0471. The Balaban J connectivity index is 0.000000921. The minimum atomic E-state index is -4.40. The van der Waals surface area contributed by atoms with E-state index in [0.29, 0.717) is 25.9 Å². The highest BCUT2D eigenvalue weighted by Gasteiger charge is 2.32. The van der Waals surface area contributed by atoms with Gasteiger partial charge in [0.15, 0.2) is 0 Å². The Kier molecular flexibility index (Phi) is 31.4. The summed E-state index contributed by atoms with van der Waals surface area (Å²) in [6.07, 6.45) is -3.08. The number of nitrogens with one attached hydrogen (secondary N) is 4. The monoisotopic (exact) mass is 1070 g/mol. The van der Waals surface area contributed by atoms with Crippen LogP contribution in [0.4, 0.5) is 57.9 Å². The number of amides is 4. The summed E-state index contributed by atoms with van der Waals surface area (Å²) in [4.78, 5) is 57.4. The van der Waals surface area contributed by atoms with Gasteiger partial charge < -0.3 is 26.0 Å². The molecule has 75 heavy (non-hydrogen) atoms. The smallest absolute Gasteiger partial charge is 0.416 e. The average molecular weight is 1070 g/mol. The van der Waals surface area contributed by atoms with E-state index in [1.54, 1.807) is 27.7 Å². The van der Waals surface area contributed by atoms with Gasteiger partial charge in [0.25, 0.3) is 0 Å². The summed E-state index contributed by atoms with van der Waals surface area (Å²) in [6.45, 7) is 25.0. The fraction of sp³-hybridized carbons (Fsp3) is 0.491. The highest BCUT2D eigenvalue weighted by atomic mass is 19.4. The molecule has 0 aliphatic carbocycles. The fourth-order valence-corrected chi connectivity index (χ4v) is 5.27. The highest BCUT2D eigenvalue weighted by molar-refractivity contribution is 5.95. The second-order valence-electron chi connectivity index (χ2n) is 18.5. The van der Waals surface area contributed by atoms with Crippen molar-refractivity contribution in [3.05, 3.63) is 119 Å². The van der Waals surface area contributed by atoms with Crippen molar-refractivity contribution >= 4 is 52.3 Å². The SMILES string of the molecule is CCC(C)(C)C(=O)Nc1cccc(C(F)(F)F)c1.CCC(C)C(=O)Nc1ccc(F)cc1F.CCC(C)C(=O)Nc1cccc(C(F)(F)F)c1.CCC(C)C(=O)Nc1ccccc1C.CCCCOC(=O)C(C)CC. The zero-order chi connectivity index (χ0) is 57.7. The maximum atomic E-state index is 13.1. The van der Waals surface area contributed by atoms with Crippen molar-refractivity contribution in [3.63, 3.8) is 0 Å². The lowest BCUT2D eigenvalue weighted by atomic mass is 9.89. The number of carbonyl (C=O) groups excluding carboxylic acids is 5. The summed E-state index contributed by atoms with van der Waals surface area (Å²) in [5, 5.41) is 10.3.